The molecule has 12 heteroatoms. The van der Waals surface area contributed by atoms with Crippen LogP contribution in [0.5, 0.6) is 0 Å². The second-order valence-corrected chi connectivity index (χ2v) is 7.71. The predicted molar refractivity (Wildman–Crippen MR) is 118 cm³/mol. The van der Waals surface area contributed by atoms with Crippen LogP contribution in [0, 0.1) is 5.41 Å². The molecule has 0 amide bonds. The minimum absolute atomic E-state index is 0.0957. The molecule has 0 aliphatic rings. The lowest BCUT2D eigenvalue weighted by Gasteiger charge is -2.31. The van der Waals surface area contributed by atoms with E-state index in [1.54, 1.807) is 0 Å². The molecule has 0 N–H and O–H groups in total. The number of carbonyl (C=O) groups excluding carboxylic acids is 4. The molecule has 0 saturated heterocycles. The van der Waals surface area contributed by atoms with Gasteiger partial charge in [0.1, 0.15) is 31.8 Å². The summed E-state index contributed by atoms with van der Waals surface area (Å²) in [5, 5.41) is 0. The highest BCUT2D eigenvalue weighted by Gasteiger charge is 2.39. The molecular weight excluding hydrogens is 492 g/mol. The van der Waals surface area contributed by atoms with Gasteiger partial charge in [0, 0.05) is 0 Å². The van der Waals surface area contributed by atoms with Crippen molar-refractivity contribution < 1.29 is 55.8 Å². The van der Waals surface area contributed by atoms with Gasteiger partial charge in [-0.2, -0.15) is 0 Å². The molecule has 0 bridgehead atoms. The highest BCUT2D eigenvalue weighted by atomic mass is 16.6. The second kappa shape index (κ2) is 11.6. The van der Waals surface area contributed by atoms with Crippen LogP contribution < -0.4 is 0 Å². The van der Waals surface area contributed by atoms with Gasteiger partial charge in [0.2, 0.25) is 23.0 Å². The third-order valence-corrected chi connectivity index (χ3v) is 4.93. The van der Waals surface area contributed by atoms with Gasteiger partial charge in [-0.3, -0.25) is 0 Å². The fraction of sp³-hybridized carbons (Fsp3) is 0.200. The lowest BCUT2D eigenvalue weighted by Crippen LogP contribution is -2.44. The van der Waals surface area contributed by atoms with Crippen molar-refractivity contribution in [2.75, 3.05) is 26.4 Å². The van der Waals surface area contributed by atoms with Crippen molar-refractivity contribution in [3.05, 3.63) is 96.6 Å². The largest absolute Gasteiger partial charge is 0.459 e. The van der Waals surface area contributed by atoms with E-state index in [4.69, 9.17) is 36.6 Å². The third kappa shape index (κ3) is 6.57. The lowest BCUT2D eigenvalue weighted by molar-refractivity contribution is -0.0664. The molecule has 192 valence electrons. The molecule has 4 aromatic heterocycles. The summed E-state index contributed by atoms with van der Waals surface area (Å²) in [4.78, 5) is 49.8. The Kier molecular flexibility index (Phi) is 7.88. The fourth-order valence-corrected chi connectivity index (χ4v) is 2.99. The Morgan fingerprint density at radius 3 is 0.919 bits per heavy atom. The quantitative estimate of drug-likeness (QED) is 0.200. The van der Waals surface area contributed by atoms with Crippen LogP contribution in [-0.4, -0.2) is 50.3 Å². The van der Waals surface area contributed by atoms with E-state index in [9.17, 15) is 19.2 Å². The first-order valence-electron chi connectivity index (χ1n) is 10.8. The van der Waals surface area contributed by atoms with Crippen LogP contribution in [-0.2, 0) is 18.9 Å². The number of hydrogen-bond acceptors (Lipinski definition) is 12. The molecule has 4 aromatic rings. The second-order valence-electron chi connectivity index (χ2n) is 7.71. The van der Waals surface area contributed by atoms with E-state index in [2.05, 4.69) is 0 Å². The molecule has 4 heterocycles. The van der Waals surface area contributed by atoms with Crippen LogP contribution in [0.2, 0.25) is 0 Å². The SMILES string of the molecule is O=C(OCC(COC(=O)c1ccco1)(COC(=O)c1ccco1)COC(=O)c1ccco1)c1ccco1. The summed E-state index contributed by atoms with van der Waals surface area (Å²) in [5.74, 6) is -3.77. The minimum atomic E-state index is -1.55. The van der Waals surface area contributed by atoms with Crippen LogP contribution in [0.4, 0.5) is 0 Å². The summed E-state index contributed by atoms with van der Waals surface area (Å²) in [6, 6.07) is 11.5. The zero-order valence-corrected chi connectivity index (χ0v) is 19.2. The van der Waals surface area contributed by atoms with Crippen molar-refractivity contribution in [1.82, 2.24) is 0 Å². The van der Waals surface area contributed by atoms with E-state index in [0.29, 0.717) is 0 Å². The van der Waals surface area contributed by atoms with Gasteiger partial charge in [0.25, 0.3) is 0 Å². The monoisotopic (exact) mass is 512 g/mol. The average molecular weight is 512 g/mol. The Morgan fingerprint density at radius 1 is 0.486 bits per heavy atom. The lowest BCUT2D eigenvalue weighted by atomic mass is 9.92. The van der Waals surface area contributed by atoms with Crippen LogP contribution in [0.3, 0.4) is 0 Å². The predicted octanol–water partition coefficient (Wildman–Crippen LogP) is 3.77. The Labute approximate surface area is 208 Å². The highest BCUT2D eigenvalue weighted by Crippen LogP contribution is 2.24. The number of esters is 4. The topological polar surface area (TPSA) is 158 Å². The molecule has 0 aromatic carbocycles. The molecule has 0 aliphatic heterocycles. The minimum Gasteiger partial charge on any atom is -0.459 e. The zero-order chi connectivity index (χ0) is 26.1. The Hall–Kier alpha value is -5.00. The van der Waals surface area contributed by atoms with E-state index >= 15 is 0 Å². The maximum Gasteiger partial charge on any atom is 0.374 e. The van der Waals surface area contributed by atoms with Crippen LogP contribution in [0.15, 0.2) is 91.3 Å². The molecule has 0 radical (unpaired) electrons. The van der Waals surface area contributed by atoms with E-state index in [-0.39, 0.29) is 23.0 Å². The molecule has 0 spiro atoms. The van der Waals surface area contributed by atoms with E-state index in [1.165, 1.54) is 73.6 Å². The Bertz CT molecular complexity index is 1080. The fourth-order valence-electron chi connectivity index (χ4n) is 2.99. The first-order chi connectivity index (χ1) is 18.0. The van der Waals surface area contributed by atoms with Crippen molar-refractivity contribution in [1.29, 1.82) is 0 Å². The van der Waals surface area contributed by atoms with Crippen molar-refractivity contribution in [3.8, 4) is 0 Å². The standard InChI is InChI=1S/C25H20O12/c26-21(17-5-1-9-30-17)34-13-25(14-35-22(27)18-6-2-10-31-18,15-36-23(28)19-7-3-11-32-19)16-37-24(29)20-8-4-12-33-20/h1-12H,13-16H2. The summed E-state index contributed by atoms with van der Waals surface area (Å²) < 4.78 is 41.5. The maximum absolute atomic E-state index is 12.4. The highest BCUT2D eigenvalue weighted by molar-refractivity contribution is 5.88. The van der Waals surface area contributed by atoms with E-state index < -0.39 is 55.7 Å². The van der Waals surface area contributed by atoms with Gasteiger partial charge in [-0.15, -0.1) is 0 Å². The van der Waals surface area contributed by atoms with Gasteiger partial charge in [0.05, 0.1) is 25.1 Å². The Balaban J connectivity index is 1.54. The number of hydrogen-bond donors (Lipinski definition) is 0. The zero-order valence-electron chi connectivity index (χ0n) is 19.2. The molecule has 37 heavy (non-hydrogen) atoms. The van der Waals surface area contributed by atoms with Crippen LogP contribution in [0.1, 0.15) is 42.2 Å². The number of ether oxygens (including phenoxy) is 4. The van der Waals surface area contributed by atoms with Crippen molar-refractivity contribution >= 4 is 23.9 Å². The molecular formula is C25H20O12. The number of carbonyl (C=O) groups is 4. The normalized spacial score (nSPS) is 11.0. The average Bonchev–Trinajstić information content (AvgIpc) is 3.74. The third-order valence-electron chi connectivity index (χ3n) is 4.93. The van der Waals surface area contributed by atoms with Crippen LogP contribution >= 0.6 is 0 Å². The van der Waals surface area contributed by atoms with Crippen molar-refractivity contribution in [2.24, 2.45) is 5.41 Å². The van der Waals surface area contributed by atoms with Gasteiger partial charge in [0.15, 0.2) is 0 Å². The van der Waals surface area contributed by atoms with Crippen molar-refractivity contribution in [3.63, 3.8) is 0 Å². The molecule has 12 nitrogen and oxygen atoms in total. The smallest absolute Gasteiger partial charge is 0.374 e. The van der Waals surface area contributed by atoms with E-state index in [1.807, 2.05) is 0 Å². The Morgan fingerprint density at radius 2 is 0.730 bits per heavy atom. The van der Waals surface area contributed by atoms with Gasteiger partial charge in [-0.1, -0.05) is 0 Å². The summed E-state index contributed by atoms with van der Waals surface area (Å²) in [6.07, 6.45) is 5.13. The first-order valence-corrected chi connectivity index (χ1v) is 10.8. The molecule has 0 unspecified atom stereocenters. The van der Waals surface area contributed by atoms with E-state index in [0.717, 1.165) is 0 Å². The number of rotatable bonds is 12. The van der Waals surface area contributed by atoms with Crippen molar-refractivity contribution in [2.45, 2.75) is 0 Å². The summed E-state index contributed by atoms with van der Waals surface area (Å²) in [5.41, 5.74) is -1.55. The van der Waals surface area contributed by atoms with Crippen LogP contribution in [0.25, 0.3) is 0 Å². The maximum atomic E-state index is 12.4. The number of furan rings is 4. The summed E-state index contributed by atoms with van der Waals surface area (Å²) in [6.45, 7) is -2.02. The molecule has 0 aliphatic carbocycles. The first kappa shape index (κ1) is 25.1. The summed E-state index contributed by atoms with van der Waals surface area (Å²) in [7, 11) is 0. The van der Waals surface area contributed by atoms with Gasteiger partial charge in [-0.25, -0.2) is 19.2 Å². The molecule has 0 atom stereocenters. The summed E-state index contributed by atoms with van der Waals surface area (Å²) >= 11 is 0. The van der Waals surface area contributed by atoms with Gasteiger partial charge in [-0.05, 0) is 48.5 Å². The molecule has 0 fully saturated rings. The van der Waals surface area contributed by atoms with Gasteiger partial charge >= 0.3 is 23.9 Å². The molecule has 0 saturated carbocycles. The molecule has 4 rings (SSSR count). The van der Waals surface area contributed by atoms with Gasteiger partial charge < -0.3 is 36.6 Å².